The van der Waals surface area contributed by atoms with Crippen LogP contribution in [0.3, 0.4) is 0 Å². The van der Waals surface area contributed by atoms with Gasteiger partial charge in [0.1, 0.15) is 9.84 Å². The van der Waals surface area contributed by atoms with Crippen LogP contribution < -0.4 is 11.3 Å². The van der Waals surface area contributed by atoms with Crippen LogP contribution in [0.2, 0.25) is 0 Å². The summed E-state index contributed by atoms with van der Waals surface area (Å²) in [5.41, 5.74) is 2.66. The second kappa shape index (κ2) is 5.25. The van der Waals surface area contributed by atoms with Crippen molar-refractivity contribution in [2.75, 3.05) is 19.1 Å². The average Bonchev–Trinajstić information content (AvgIpc) is 2.94. The number of hydrogen-bond donors (Lipinski definition) is 2. The Hall–Kier alpha value is -0.170. The van der Waals surface area contributed by atoms with Crippen molar-refractivity contribution in [2.45, 2.75) is 31.4 Å². The highest BCUT2D eigenvalue weighted by molar-refractivity contribution is 7.90. The number of nitrogens with two attached hydrogens (primary N) is 1. The van der Waals surface area contributed by atoms with E-state index in [-0.39, 0.29) is 17.9 Å². The summed E-state index contributed by atoms with van der Waals surface area (Å²) in [6.45, 7) is 0. The summed E-state index contributed by atoms with van der Waals surface area (Å²) >= 11 is 0. The summed E-state index contributed by atoms with van der Waals surface area (Å²) < 4.78 is 27.4. The fourth-order valence-electron chi connectivity index (χ4n) is 1.79. The van der Waals surface area contributed by atoms with Crippen LogP contribution in [0.15, 0.2) is 0 Å². The largest absolute Gasteiger partial charge is 0.379 e. The van der Waals surface area contributed by atoms with Gasteiger partial charge in [-0.2, -0.15) is 0 Å². The van der Waals surface area contributed by atoms with Crippen LogP contribution in [0.5, 0.6) is 0 Å². The first-order valence-electron chi connectivity index (χ1n) is 5.14. The molecule has 1 aliphatic rings. The van der Waals surface area contributed by atoms with E-state index in [2.05, 4.69) is 5.43 Å². The maximum Gasteiger partial charge on any atom is 0.147 e. The minimum absolute atomic E-state index is 0.0387. The van der Waals surface area contributed by atoms with Gasteiger partial charge in [-0.15, -0.1) is 0 Å². The summed E-state index contributed by atoms with van der Waals surface area (Å²) in [5, 5.41) is 0. The molecule has 0 aliphatic heterocycles. The van der Waals surface area contributed by atoms with Gasteiger partial charge >= 0.3 is 0 Å². The van der Waals surface area contributed by atoms with Crippen LogP contribution in [0.1, 0.15) is 19.3 Å². The highest BCUT2D eigenvalue weighted by Crippen LogP contribution is 2.36. The molecule has 5 nitrogen and oxygen atoms in total. The lowest BCUT2D eigenvalue weighted by Gasteiger charge is -2.25. The molecule has 0 aromatic carbocycles. The van der Waals surface area contributed by atoms with E-state index >= 15 is 0 Å². The number of methoxy groups -OCH3 is 1. The first-order valence-corrected chi connectivity index (χ1v) is 7.20. The summed E-state index contributed by atoms with van der Waals surface area (Å²) in [6.07, 6.45) is 4.08. The van der Waals surface area contributed by atoms with Crippen molar-refractivity contribution in [3.8, 4) is 0 Å². The Kier molecular flexibility index (Phi) is 4.51. The molecule has 0 bridgehead atoms. The predicted octanol–water partition coefficient (Wildman–Crippen LogP) is -0.322. The van der Waals surface area contributed by atoms with Gasteiger partial charge in [-0.1, -0.05) is 0 Å². The van der Waals surface area contributed by atoms with E-state index in [0.717, 1.165) is 12.8 Å². The van der Waals surface area contributed by atoms with Crippen molar-refractivity contribution < 1.29 is 13.2 Å². The maximum atomic E-state index is 11.0. The standard InChI is InChI=1S/C9H20N2O3S/c1-14-9(7-3-4-7)8(11-10)5-6-15(2,12)13/h7-9,11H,3-6,10H2,1-2H3. The van der Waals surface area contributed by atoms with Crippen LogP contribution in [0, 0.1) is 5.92 Å². The lowest BCUT2D eigenvalue weighted by Crippen LogP contribution is -2.46. The number of nitrogens with one attached hydrogen (secondary N) is 1. The molecule has 0 aromatic heterocycles. The van der Waals surface area contributed by atoms with E-state index in [1.807, 2.05) is 0 Å². The SMILES string of the molecule is COC(C1CC1)C(CCS(C)(=O)=O)NN. The second-order valence-electron chi connectivity index (χ2n) is 4.23. The lowest BCUT2D eigenvalue weighted by atomic mass is 10.0. The Morgan fingerprint density at radius 3 is 2.47 bits per heavy atom. The molecule has 90 valence electrons. The van der Waals surface area contributed by atoms with Gasteiger partial charge in [-0.25, -0.2) is 8.42 Å². The number of hydrazine groups is 1. The van der Waals surface area contributed by atoms with Crippen LogP contribution in [0.25, 0.3) is 0 Å². The highest BCUT2D eigenvalue weighted by atomic mass is 32.2. The number of sulfone groups is 1. The zero-order valence-corrected chi connectivity index (χ0v) is 10.1. The van der Waals surface area contributed by atoms with Crippen molar-refractivity contribution in [1.82, 2.24) is 5.43 Å². The van der Waals surface area contributed by atoms with E-state index < -0.39 is 9.84 Å². The normalized spacial score (nSPS) is 21.3. The van der Waals surface area contributed by atoms with Crippen LogP contribution >= 0.6 is 0 Å². The fraction of sp³-hybridized carbons (Fsp3) is 1.00. The Morgan fingerprint density at radius 1 is 1.53 bits per heavy atom. The van der Waals surface area contributed by atoms with Gasteiger partial charge in [-0.3, -0.25) is 11.3 Å². The molecular formula is C9H20N2O3S. The predicted molar refractivity (Wildman–Crippen MR) is 59.0 cm³/mol. The smallest absolute Gasteiger partial charge is 0.147 e. The molecule has 3 N–H and O–H groups in total. The molecule has 2 atom stereocenters. The first kappa shape index (κ1) is 12.9. The third-order valence-corrected chi connectivity index (χ3v) is 3.75. The van der Waals surface area contributed by atoms with Crippen molar-refractivity contribution in [3.05, 3.63) is 0 Å². The molecule has 15 heavy (non-hydrogen) atoms. The Labute approximate surface area is 91.3 Å². The fourth-order valence-corrected chi connectivity index (χ4v) is 2.48. The molecule has 0 heterocycles. The van der Waals surface area contributed by atoms with Gasteiger partial charge in [0.15, 0.2) is 0 Å². The molecular weight excluding hydrogens is 216 g/mol. The minimum atomic E-state index is -2.93. The van der Waals surface area contributed by atoms with Crippen molar-refractivity contribution in [2.24, 2.45) is 11.8 Å². The third kappa shape index (κ3) is 4.46. The van der Waals surface area contributed by atoms with Gasteiger partial charge in [0.25, 0.3) is 0 Å². The van der Waals surface area contributed by atoms with E-state index in [9.17, 15) is 8.42 Å². The Balaban J connectivity index is 2.46. The highest BCUT2D eigenvalue weighted by Gasteiger charge is 2.36. The van der Waals surface area contributed by atoms with Gasteiger partial charge in [-0.05, 0) is 25.2 Å². The number of rotatable bonds is 7. The zero-order chi connectivity index (χ0) is 11.5. The van der Waals surface area contributed by atoms with E-state index in [1.165, 1.54) is 6.26 Å². The summed E-state index contributed by atoms with van der Waals surface area (Å²) in [7, 11) is -1.28. The summed E-state index contributed by atoms with van der Waals surface area (Å²) in [6, 6.07) is -0.0720. The Morgan fingerprint density at radius 2 is 2.13 bits per heavy atom. The summed E-state index contributed by atoms with van der Waals surface area (Å²) in [5.74, 6) is 6.10. The molecule has 0 aromatic rings. The van der Waals surface area contributed by atoms with Crippen LogP contribution in [0.4, 0.5) is 0 Å². The topological polar surface area (TPSA) is 81.4 Å². The molecule has 0 amide bonds. The van der Waals surface area contributed by atoms with Gasteiger partial charge in [0.2, 0.25) is 0 Å². The molecule has 6 heteroatoms. The summed E-state index contributed by atoms with van der Waals surface area (Å²) in [4.78, 5) is 0. The van der Waals surface area contributed by atoms with Gasteiger partial charge < -0.3 is 4.74 Å². The molecule has 0 spiro atoms. The van der Waals surface area contributed by atoms with Crippen molar-refractivity contribution in [3.63, 3.8) is 0 Å². The molecule has 1 aliphatic carbocycles. The molecule has 0 saturated heterocycles. The molecule has 1 saturated carbocycles. The van der Waals surface area contributed by atoms with E-state index in [1.54, 1.807) is 7.11 Å². The van der Waals surface area contributed by atoms with Crippen LogP contribution in [-0.2, 0) is 14.6 Å². The number of hydrogen-bond acceptors (Lipinski definition) is 5. The van der Waals surface area contributed by atoms with Crippen molar-refractivity contribution in [1.29, 1.82) is 0 Å². The van der Waals surface area contributed by atoms with E-state index in [4.69, 9.17) is 10.6 Å². The monoisotopic (exact) mass is 236 g/mol. The molecule has 0 radical (unpaired) electrons. The number of ether oxygens (including phenoxy) is 1. The second-order valence-corrected chi connectivity index (χ2v) is 6.49. The first-order chi connectivity index (χ1) is 6.98. The quantitative estimate of drug-likeness (QED) is 0.467. The lowest BCUT2D eigenvalue weighted by molar-refractivity contribution is 0.0501. The average molecular weight is 236 g/mol. The Bertz CT molecular complexity index is 288. The molecule has 2 unspecified atom stereocenters. The zero-order valence-electron chi connectivity index (χ0n) is 9.27. The molecule has 1 rings (SSSR count). The maximum absolute atomic E-state index is 11.0. The molecule has 1 fully saturated rings. The van der Waals surface area contributed by atoms with Crippen molar-refractivity contribution >= 4 is 9.84 Å². The van der Waals surface area contributed by atoms with Crippen LogP contribution in [-0.4, -0.2) is 39.7 Å². The van der Waals surface area contributed by atoms with E-state index in [0.29, 0.717) is 12.3 Å². The minimum Gasteiger partial charge on any atom is -0.379 e. The van der Waals surface area contributed by atoms with Gasteiger partial charge in [0, 0.05) is 19.4 Å². The third-order valence-electron chi connectivity index (χ3n) is 2.77. The van der Waals surface area contributed by atoms with Gasteiger partial charge in [0.05, 0.1) is 11.9 Å².